The molecule has 2 nitrogen and oxygen atoms in total. The van der Waals surface area contributed by atoms with Crippen LogP contribution in [-0.4, -0.2) is 6.54 Å². The topological polar surface area (TPSA) is 38.0 Å². The van der Waals surface area contributed by atoms with Gasteiger partial charge >= 0.3 is 0 Å². The van der Waals surface area contributed by atoms with Gasteiger partial charge in [0.2, 0.25) is 0 Å². The van der Waals surface area contributed by atoms with Crippen molar-refractivity contribution in [3.63, 3.8) is 0 Å². The van der Waals surface area contributed by atoms with E-state index in [0.29, 0.717) is 23.5 Å². The van der Waals surface area contributed by atoms with Crippen molar-refractivity contribution in [2.75, 3.05) is 17.6 Å². The third-order valence-electron chi connectivity index (χ3n) is 2.28. The van der Waals surface area contributed by atoms with Crippen LogP contribution in [0.4, 0.5) is 15.8 Å². The van der Waals surface area contributed by atoms with Gasteiger partial charge in [0.05, 0.1) is 11.4 Å². The molecule has 0 fully saturated rings. The summed E-state index contributed by atoms with van der Waals surface area (Å²) in [5.74, 6) is -0.493. The lowest BCUT2D eigenvalue weighted by atomic mass is 9.97. The normalized spacial score (nSPS) is 11.4. The molecular weight excluding hydrogens is 239 g/mol. The molecule has 94 valence electrons. The minimum atomic E-state index is -0.493. The summed E-state index contributed by atoms with van der Waals surface area (Å²) in [5, 5.41) is 3.10. The van der Waals surface area contributed by atoms with Gasteiger partial charge in [-0.15, -0.1) is 0 Å². The molecule has 0 saturated carbocycles. The molecule has 0 radical (unpaired) electrons. The number of nitrogens with one attached hydrogen (secondary N) is 1. The zero-order chi connectivity index (χ0) is 13.2. The molecule has 0 aliphatic carbocycles. The fourth-order valence-corrected chi connectivity index (χ4v) is 1.63. The van der Waals surface area contributed by atoms with Gasteiger partial charge in [0.15, 0.2) is 5.82 Å². The zero-order valence-corrected chi connectivity index (χ0v) is 11.2. The molecule has 0 saturated heterocycles. The van der Waals surface area contributed by atoms with Crippen LogP contribution in [0.1, 0.15) is 26.3 Å². The maximum atomic E-state index is 13.8. The van der Waals surface area contributed by atoms with Crippen molar-refractivity contribution in [2.24, 2.45) is 5.41 Å². The predicted molar refractivity (Wildman–Crippen MR) is 73.9 cm³/mol. The van der Waals surface area contributed by atoms with Gasteiger partial charge in [0.1, 0.15) is 5.02 Å². The lowest BCUT2D eigenvalue weighted by molar-refractivity contribution is 0.443. The van der Waals surface area contributed by atoms with E-state index in [1.54, 1.807) is 0 Å². The molecular formula is C13H18ClFN2. The van der Waals surface area contributed by atoms with Gasteiger partial charge in [0, 0.05) is 12.1 Å². The van der Waals surface area contributed by atoms with Crippen LogP contribution in [0.2, 0.25) is 5.02 Å². The van der Waals surface area contributed by atoms with Crippen molar-refractivity contribution < 1.29 is 4.39 Å². The fraction of sp³-hybridized carbons (Fsp3) is 0.385. The summed E-state index contributed by atoms with van der Waals surface area (Å²) in [4.78, 5) is 0. The van der Waals surface area contributed by atoms with Crippen molar-refractivity contribution in [2.45, 2.75) is 20.8 Å². The number of hydrogen-bond donors (Lipinski definition) is 2. The lowest BCUT2D eigenvalue weighted by Gasteiger charge is -2.21. The highest BCUT2D eigenvalue weighted by atomic mass is 35.5. The molecule has 17 heavy (non-hydrogen) atoms. The van der Waals surface area contributed by atoms with Crippen molar-refractivity contribution in [1.82, 2.24) is 0 Å². The highest BCUT2D eigenvalue weighted by Gasteiger charge is 2.16. The Hall–Kier alpha value is -1.22. The second kappa shape index (κ2) is 4.96. The summed E-state index contributed by atoms with van der Waals surface area (Å²) in [6, 6.07) is 1.53. The molecule has 0 atom stereocenters. The molecule has 4 heteroatoms. The van der Waals surface area contributed by atoms with Crippen LogP contribution in [0.25, 0.3) is 6.08 Å². The number of benzene rings is 1. The third-order valence-corrected chi connectivity index (χ3v) is 2.64. The number of anilines is 2. The standard InChI is InChI=1S/C13H18ClFN2/c1-5-8-6-9(16)12(10(14)11(8)15)17-7-13(2,3)4/h5-6,17H,1,7,16H2,2-4H3. The van der Waals surface area contributed by atoms with Crippen LogP contribution in [-0.2, 0) is 0 Å². The summed E-state index contributed by atoms with van der Waals surface area (Å²) in [6.45, 7) is 10.4. The Labute approximate surface area is 107 Å². The molecule has 0 bridgehead atoms. The molecule has 0 spiro atoms. The molecule has 1 aromatic rings. The summed E-state index contributed by atoms with van der Waals surface area (Å²) < 4.78 is 13.8. The summed E-state index contributed by atoms with van der Waals surface area (Å²) in [7, 11) is 0. The Balaban J connectivity index is 3.09. The number of hydrogen-bond acceptors (Lipinski definition) is 2. The van der Waals surface area contributed by atoms with Gasteiger partial charge in [-0.1, -0.05) is 45.0 Å². The third kappa shape index (κ3) is 3.37. The van der Waals surface area contributed by atoms with Crippen LogP contribution >= 0.6 is 11.6 Å². The highest BCUT2D eigenvalue weighted by molar-refractivity contribution is 6.34. The van der Waals surface area contributed by atoms with E-state index in [-0.39, 0.29) is 10.4 Å². The summed E-state index contributed by atoms with van der Waals surface area (Å²) >= 11 is 5.95. The lowest BCUT2D eigenvalue weighted by Crippen LogP contribution is -2.20. The van der Waals surface area contributed by atoms with E-state index in [0.717, 1.165) is 0 Å². The van der Waals surface area contributed by atoms with E-state index in [1.807, 2.05) is 0 Å². The average Bonchev–Trinajstić information content (AvgIpc) is 2.21. The van der Waals surface area contributed by atoms with Gasteiger partial charge < -0.3 is 11.1 Å². The minimum Gasteiger partial charge on any atom is -0.397 e. The molecule has 1 rings (SSSR count). The zero-order valence-electron chi connectivity index (χ0n) is 10.4. The first kappa shape index (κ1) is 13.8. The van der Waals surface area contributed by atoms with Crippen LogP contribution in [0, 0.1) is 11.2 Å². The predicted octanol–water partition coefficient (Wildman–Crippen LogP) is 4.16. The van der Waals surface area contributed by atoms with Crippen LogP contribution < -0.4 is 11.1 Å². The van der Waals surface area contributed by atoms with Crippen molar-refractivity contribution in [3.05, 3.63) is 29.0 Å². The fourth-order valence-electron chi connectivity index (χ4n) is 1.35. The van der Waals surface area contributed by atoms with E-state index in [2.05, 4.69) is 32.7 Å². The van der Waals surface area contributed by atoms with E-state index in [4.69, 9.17) is 17.3 Å². The van der Waals surface area contributed by atoms with Crippen molar-refractivity contribution >= 4 is 29.1 Å². The molecule has 0 aliphatic rings. The molecule has 3 N–H and O–H groups in total. The first-order valence-electron chi connectivity index (χ1n) is 5.40. The first-order chi connectivity index (χ1) is 7.76. The molecule has 0 heterocycles. The number of halogens is 2. The first-order valence-corrected chi connectivity index (χ1v) is 5.78. The van der Waals surface area contributed by atoms with Crippen LogP contribution in [0.5, 0.6) is 0 Å². The second-order valence-corrected chi connectivity index (χ2v) is 5.55. The summed E-state index contributed by atoms with van der Waals surface area (Å²) in [6.07, 6.45) is 1.39. The van der Waals surface area contributed by atoms with Gasteiger partial charge in [-0.25, -0.2) is 4.39 Å². The minimum absolute atomic E-state index is 0.0177. The molecule has 1 aromatic carbocycles. The molecule has 0 aliphatic heterocycles. The smallest absolute Gasteiger partial charge is 0.151 e. The Morgan fingerprint density at radius 3 is 2.59 bits per heavy atom. The van der Waals surface area contributed by atoms with Gasteiger partial charge in [-0.05, 0) is 11.5 Å². The second-order valence-electron chi connectivity index (χ2n) is 5.18. The maximum absolute atomic E-state index is 13.8. The van der Waals surface area contributed by atoms with E-state index in [1.165, 1.54) is 12.1 Å². The van der Waals surface area contributed by atoms with Crippen LogP contribution in [0.15, 0.2) is 12.6 Å². The van der Waals surface area contributed by atoms with E-state index >= 15 is 0 Å². The van der Waals surface area contributed by atoms with Gasteiger partial charge in [-0.3, -0.25) is 0 Å². The average molecular weight is 257 g/mol. The van der Waals surface area contributed by atoms with Gasteiger partial charge in [-0.2, -0.15) is 0 Å². The number of nitrogens with two attached hydrogens (primary N) is 1. The highest BCUT2D eigenvalue weighted by Crippen LogP contribution is 2.34. The van der Waals surface area contributed by atoms with Gasteiger partial charge in [0.25, 0.3) is 0 Å². The van der Waals surface area contributed by atoms with Crippen molar-refractivity contribution in [3.8, 4) is 0 Å². The molecule has 0 unspecified atom stereocenters. The molecule has 0 amide bonds. The maximum Gasteiger partial charge on any atom is 0.151 e. The van der Waals surface area contributed by atoms with E-state index in [9.17, 15) is 4.39 Å². The Kier molecular flexibility index (Phi) is 4.04. The Bertz CT molecular complexity index is 436. The number of nitrogen functional groups attached to an aromatic ring is 1. The quantitative estimate of drug-likeness (QED) is 0.797. The molecule has 0 aromatic heterocycles. The largest absolute Gasteiger partial charge is 0.397 e. The SMILES string of the molecule is C=Cc1cc(N)c(NCC(C)(C)C)c(Cl)c1F. The van der Waals surface area contributed by atoms with E-state index < -0.39 is 5.82 Å². The monoisotopic (exact) mass is 256 g/mol. The summed E-state index contributed by atoms with van der Waals surface area (Å²) in [5.41, 5.74) is 7.08. The van der Waals surface area contributed by atoms with Crippen molar-refractivity contribution in [1.29, 1.82) is 0 Å². The van der Waals surface area contributed by atoms with Crippen LogP contribution in [0.3, 0.4) is 0 Å². The Morgan fingerprint density at radius 1 is 1.53 bits per heavy atom. The Morgan fingerprint density at radius 2 is 2.12 bits per heavy atom. The number of rotatable bonds is 3.